The van der Waals surface area contributed by atoms with Crippen LogP contribution in [-0.2, 0) is 9.59 Å². The van der Waals surface area contributed by atoms with Crippen LogP contribution in [-0.4, -0.2) is 47.5 Å². The minimum absolute atomic E-state index is 0.0129. The van der Waals surface area contributed by atoms with Crippen molar-refractivity contribution in [2.45, 2.75) is 25.8 Å². The van der Waals surface area contributed by atoms with E-state index in [4.69, 9.17) is 10.8 Å². The Bertz CT molecular complexity index is 280. The highest BCUT2D eigenvalue weighted by molar-refractivity contribution is 5.82. The molecule has 16 heavy (non-hydrogen) atoms. The average molecular weight is 231 g/mol. The molecule has 1 atom stereocenters. The van der Waals surface area contributed by atoms with Crippen LogP contribution in [0.5, 0.6) is 0 Å². The molecule has 7 nitrogen and oxygen atoms in total. The van der Waals surface area contributed by atoms with E-state index in [2.05, 4.69) is 5.32 Å². The van der Waals surface area contributed by atoms with Crippen LogP contribution in [0.4, 0.5) is 4.79 Å². The van der Waals surface area contributed by atoms with E-state index in [9.17, 15) is 14.4 Å². The Labute approximate surface area is 93.6 Å². The van der Waals surface area contributed by atoms with Gasteiger partial charge >= 0.3 is 12.0 Å². The number of hydrogen-bond acceptors (Lipinski definition) is 3. The zero-order chi connectivity index (χ0) is 12.7. The van der Waals surface area contributed by atoms with Gasteiger partial charge in [0.15, 0.2) is 0 Å². The van der Waals surface area contributed by atoms with Crippen LogP contribution in [0.2, 0.25) is 0 Å². The molecule has 0 aliphatic rings. The van der Waals surface area contributed by atoms with Crippen molar-refractivity contribution >= 4 is 17.9 Å². The number of nitrogens with zero attached hydrogens (tertiary/aromatic N) is 1. The number of aliphatic carboxylic acids is 1. The number of carbonyl (C=O) groups is 3. The van der Waals surface area contributed by atoms with Crippen LogP contribution >= 0.6 is 0 Å². The lowest BCUT2D eigenvalue weighted by Gasteiger charge is -2.19. The molecule has 0 aliphatic heterocycles. The second-order valence-electron chi connectivity index (χ2n) is 3.61. The fourth-order valence-electron chi connectivity index (χ4n) is 1.04. The Kier molecular flexibility index (Phi) is 5.91. The summed E-state index contributed by atoms with van der Waals surface area (Å²) in [6.45, 7) is 1.52. The summed E-state index contributed by atoms with van der Waals surface area (Å²) in [5.41, 5.74) is 4.92. The third-order valence-electron chi connectivity index (χ3n) is 1.90. The number of likely N-dealkylation sites (N-methyl/N-ethyl adjacent to an activating group) is 1. The van der Waals surface area contributed by atoms with Gasteiger partial charge in [0.2, 0.25) is 5.91 Å². The fourth-order valence-corrected chi connectivity index (χ4v) is 1.04. The molecule has 92 valence electrons. The fraction of sp³-hybridized carbons (Fsp3) is 0.667. The van der Waals surface area contributed by atoms with Crippen molar-refractivity contribution in [1.82, 2.24) is 10.2 Å². The zero-order valence-electron chi connectivity index (χ0n) is 9.40. The maximum Gasteiger partial charge on any atom is 0.317 e. The molecular formula is C9H17N3O4. The predicted molar refractivity (Wildman–Crippen MR) is 56.7 cm³/mol. The highest BCUT2D eigenvalue weighted by Crippen LogP contribution is 1.97. The van der Waals surface area contributed by atoms with Crippen LogP contribution in [0.25, 0.3) is 0 Å². The number of carboxylic acid groups (broad SMARTS) is 1. The molecule has 0 rings (SSSR count). The van der Waals surface area contributed by atoms with Crippen LogP contribution < -0.4 is 11.1 Å². The number of hydrogen-bond donors (Lipinski definition) is 3. The molecule has 1 unspecified atom stereocenters. The van der Waals surface area contributed by atoms with Gasteiger partial charge in [-0.1, -0.05) is 0 Å². The summed E-state index contributed by atoms with van der Waals surface area (Å²) in [7, 11) is 1.43. The van der Waals surface area contributed by atoms with Crippen molar-refractivity contribution in [3.63, 3.8) is 0 Å². The van der Waals surface area contributed by atoms with Crippen molar-refractivity contribution in [2.75, 3.05) is 13.6 Å². The normalized spacial score (nSPS) is 11.6. The topological polar surface area (TPSA) is 113 Å². The molecule has 0 aromatic rings. The molecule has 3 amide bonds. The second kappa shape index (κ2) is 6.65. The Morgan fingerprint density at radius 1 is 1.44 bits per heavy atom. The first-order valence-corrected chi connectivity index (χ1v) is 4.84. The number of rotatable bonds is 6. The van der Waals surface area contributed by atoms with Crippen LogP contribution in [0.15, 0.2) is 0 Å². The van der Waals surface area contributed by atoms with E-state index < -0.39 is 17.9 Å². The van der Waals surface area contributed by atoms with Gasteiger partial charge in [0.05, 0.1) is 0 Å². The molecular weight excluding hydrogens is 214 g/mol. The number of carboxylic acids is 1. The Balaban J connectivity index is 3.93. The SMILES string of the molecule is CC(CCC(=O)O)NC(=O)N(C)CC(N)=O. The Hall–Kier alpha value is -1.79. The maximum atomic E-state index is 11.4. The number of urea groups is 1. The van der Waals surface area contributed by atoms with Crippen molar-refractivity contribution in [1.29, 1.82) is 0 Å². The van der Waals surface area contributed by atoms with E-state index in [1.165, 1.54) is 7.05 Å². The highest BCUT2D eigenvalue weighted by Gasteiger charge is 2.13. The highest BCUT2D eigenvalue weighted by atomic mass is 16.4. The summed E-state index contributed by atoms with van der Waals surface area (Å²) in [4.78, 5) is 33.4. The molecule has 0 spiro atoms. The van der Waals surface area contributed by atoms with Gasteiger partial charge < -0.3 is 21.1 Å². The summed E-state index contributed by atoms with van der Waals surface area (Å²) in [5.74, 6) is -1.51. The molecule has 0 aliphatic carbocycles. The summed E-state index contributed by atoms with van der Waals surface area (Å²) >= 11 is 0. The van der Waals surface area contributed by atoms with Gasteiger partial charge in [0, 0.05) is 19.5 Å². The lowest BCUT2D eigenvalue weighted by molar-refractivity contribution is -0.137. The zero-order valence-corrected chi connectivity index (χ0v) is 9.40. The number of nitrogens with one attached hydrogen (secondary N) is 1. The first-order chi connectivity index (χ1) is 7.32. The van der Waals surface area contributed by atoms with Gasteiger partial charge in [0.25, 0.3) is 0 Å². The second-order valence-corrected chi connectivity index (χ2v) is 3.61. The van der Waals surface area contributed by atoms with Crippen molar-refractivity contribution in [3.05, 3.63) is 0 Å². The molecule has 0 aromatic heterocycles. The molecule has 0 radical (unpaired) electrons. The predicted octanol–water partition coefficient (Wildman–Crippen LogP) is -0.634. The largest absolute Gasteiger partial charge is 0.481 e. The van der Waals surface area contributed by atoms with Gasteiger partial charge in [-0.15, -0.1) is 0 Å². The van der Waals surface area contributed by atoms with Gasteiger partial charge in [-0.2, -0.15) is 0 Å². The molecule has 0 bridgehead atoms. The monoisotopic (exact) mass is 231 g/mol. The minimum Gasteiger partial charge on any atom is -0.481 e. The van der Waals surface area contributed by atoms with Crippen LogP contribution in [0, 0.1) is 0 Å². The molecule has 7 heteroatoms. The quantitative estimate of drug-likeness (QED) is 0.564. The summed E-state index contributed by atoms with van der Waals surface area (Å²) in [6.07, 6.45) is 0.326. The molecule has 0 aromatic carbocycles. The van der Waals surface area contributed by atoms with E-state index in [1.807, 2.05) is 0 Å². The number of nitrogens with two attached hydrogens (primary N) is 1. The van der Waals surface area contributed by atoms with Gasteiger partial charge in [0.1, 0.15) is 6.54 Å². The standard InChI is InChI=1S/C9H17N3O4/c1-6(3-4-8(14)15)11-9(16)12(2)5-7(10)13/h6H,3-5H2,1-2H3,(H2,10,13)(H,11,16)(H,14,15). The molecule has 4 N–H and O–H groups in total. The molecule has 0 fully saturated rings. The molecule has 0 saturated carbocycles. The first kappa shape index (κ1) is 14.2. The molecule has 0 heterocycles. The van der Waals surface area contributed by atoms with Crippen LogP contribution in [0.3, 0.4) is 0 Å². The molecule has 0 saturated heterocycles. The van der Waals surface area contributed by atoms with E-state index >= 15 is 0 Å². The third kappa shape index (κ3) is 6.63. The lowest BCUT2D eigenvalue weighted by Crippen LogP contribution is -2.45. The number of carbonyl (C=O) groups excluding carboxylic acids is 2. The smallest absolute Gasteiger partial charge is 0.317 e. The lowest BCUT2D eigenvalue weighted by atomic mass is 10.2. The third-order valence-corrected chi connectivity index (χ3v) is 1.90. The summed E-state index contributed by atoms with van der Waals surface area (Å²) in [5, 5.41) is 11.0. The van der Waals surface area contributed by atoms with Gasteiger partial charge in [-0.25, -0.2) is 4.79 Å². The summed E-state index contributed by atoms with van der Waals surface area (Å²) in [6, 6.07) is -0.712. The Morgan fingerprint density at radius 3 is 2.44 bits per heavy atom. The van der Waals surface area contributed by atoms with Gasteiger partial charge in [-0.05, 0) is 13.3 Å². The number of primary amides is 1. The van der Waals surface area contributed by atoms with Crippen LogP contribution in [0.1, 0.15) is 19.8 Å². The Morgan fingerprint density at radius 2 is 2.00 bits per heavy atom. The van der Waals surface area contributed by atoms with E-state index in [0.717, 1.165) is 4.90 Å². The van der Waals surface area contributed by atoms with Crippen molar-refractivity contribution < 1.29 is 19.5 Å². The number of amides is 3. The van der Waals surface area contributed by atoms with Crippen molar-refractivity contribution in [2.24, 2.45) is 5.73 Å². The van der Waals surface area contributed by atoms with E-state index in [1.54, 1.807) is 6.92 Å². The van der Waals surface area contributed by atoms with E-state index in [0.29, 0.717) is 6.42 Å². The first-order valence-electron chi connectivity index (χ1n) is 4.84. The maximum absolute atomic E-state index is 11.4. The van der Waals surface area contributed by atoms with Gasteiger partial charge in [-0.3, -0.25) is 9.59 Å². The summed E-state index contributed by atoms with van der Waals surface area (Å²) < 4.78 is 0. The average Bonchev–Trinajstić information content (AvgIpc) is 2.13. The minimum atomic E-state index is -0.911. The van der Waals surface area contributed by atoms with E-state index in [-0.39, 0.29) is 19.0 Å². The van der Waals surface area contributed by atoms with Crippen molar-refractivity contribution in [3.8, 4) is 0 Å².